The van der Waals surface area contributed by atoms with E-state index in [4.69, 9.17) is 16.3 Å². The Morgan fingerprint density at radius 2 is 2.12 bits per heavy atom. The number of alkyl halides is 1. The van der Waals surface area contributed by atoms with Crippen LogP contribution in [-0.4, -0.2) is 30.2 Å². The third kappa shape index (κ3) is 3.71. The zero-order valence-corrected chi connectivity index (χ0v) is 10.1. The second-order valence-corrected chi connectivity index (χ2v) is 3.67. The molecule has 0 aliphatic carbocycles. The molecule has 0 aromatic heterocycles. The number of hydrogen-bond donors (Lipinski definition) is 2. The van der Waals surface area contributed by atoms with Gasteiger partial charge in [-0.15, -0.1) is 11.6 Å². The number of hydrogen-bond acceptors (Lipinski definition) is 3. The standard InChI is InChI=1S/C11H14ClF2NO2/c1-2-17-9-4-3-8(10(13)11(9)14)15-6-7(16)5-12/h3-4,7,15-16H,2,5-6H2,1H3. The molecular weight excluding hydrogens is 252 g/mol. The topological polar surface area (TPSA) is 41.5 Å². The third-order valence-electron chi connectivity index (χ3n) is 2.05. The fourth-order valence-corrected chi connectivity index (χ4v) is 1.33. The predicted octanol–water partition coefficient (Wildman–Crippen LogP) is 2.38. The maximum Gasteiger partial charge on any atom is 0.202 e. The Bertz CT molecular complexity index is 377. The van der Waals surface area contributed by atoms with Gasteiger partial charge in [-0.05, 0) is 19.1 Å². The van der Waals surface area contributed by atoms with Gasteiger partial charge < -0.3 is 15.2 Å². The number of anilines is 1. The number of nitrogens with one attached hydrogen (secondary N) is 1. The number of halogens is 3. The Hall–Kier alpha value is -1.07. The largest absolute Gasteiger partial charge is 0.491 e. The zero-order chi connectivity index (χ0) is 12.8. The van der Waals surface area contributed by atoms with Gasteiger partial charge >= 0.3 is 0 Å². The van der Waals surface area contributed by atoms with E-state index in [0.717, 1.165) is 0 Å². The molecule has 2 N–H and O–H groups in total. The fraction of sp³-hybridized carbons (Fsp3) is 0.455. The van der Waals surface area contributed by atoms with Crippen molar-refractivity contribution in [2.45, 2.75) is 13.0 Å². The average molecular weight is 266 g/mol. The lowest BCUT2D eigenvalue weighted by molar-refractivity contribution is 0.211. The molecule has 0 aliphatic rings. The molecule has 1 unspecified atom stereocenters. The maximum atomic E-state index is 13.5. The molecule has 6 heteroatoms. The summed E-state index contributed by atoms with van der Waals surface area (Å²) in [6, 6.07) is 2.68. The molecular formula is C11H14ClF2NO2. The van der Waals surface area contributed by atoms with Gasteiger partial charge in [0.25, 0.3) is 0 Å². The minimum absolute atomic E-state index is 0.0220. The smallest absolute Gasteiger partial charge is 0.202 e. The summed E-state index contributed by atoms with van der Waals surface area (Å²) in [4.78, 5) is 0. The van der Waals surface area contributed by atoms with E-state index in [1.807, 2.05) is 0 Å². The molecule has 0 aliphatic heterocycles. The number of aliphatic hydroxyl groups is 1. The molecule has 0 saturated heterocycles. The average Bonchev–Trinajstić information content (AvgIpc) is 2.34. The van der Waals surface area contributed by atoms with Gasteiger partial charge in [-0.1, -0.05) is 0 Å². The Kier molecular flexibility index (Phi) is 5.44. The highest BCUT2D eigenvalue weighted by molar-refractivity contribution is 6.18. The van der Waals surface area contributed by atoms with Crippen LogP contribution in [0.15, 0.2) is 12.1 Å². The first kappa shape index (κ1) is 14.0. The van der Waals surface area contributed by atoms with Crippen molar-refractivity contribution in [3.05, 3.63) is 23.8 Å². The van der Waals surface area contributed by atoms with E-state index in [0.29, 0.717) is 0 Å². The number of ether oxygens (including phenoxy) is 1. The molecule has 0 amide bonds. The summed E-state index contributed by atoms with van der Waals surface area (Å²) in [5, 5.41) is 11.8. The molecule has 1 rings (SSSR count). The van der Waals surface area contributed by atoms with Crippen molar-refractivity contribution < 1.29 is 18.6 Å². The first-order chi connectivity index (χ1) is 8.10. The van der Waals surface area contributed by atoms with E-state index in [9.17, 15) is 13.9 Å². The Labute approximate surface area is 103 Å². The van der Waals surface area contributed by atoms with Crippen LogP contribution in [-0.2, 0) is 0 Å². The monoisotopic (exact) mass is 265 g/mol. The van der Waals surface area contributed by atoms with Crippen LogP contribution in [0.2, 0.25) is 0 Å². The molecule has 0 heterocycles. The third-order valence-corrected chi connectivity index (χ3v) is 2.41. The molecule has 0 saturated carbocycles. The molecule has 3 nitrogen and oxygen atoms in total. The summed E-state index contributed by atoms with van der Waals surface area (Å²) in [5.74, 6) is -2.18. The van der Waals surface area contributed by atoms with Crippen molar-refractivity contribution >= 4 is 17.3 Å². The first-order valence-corrected chi connectivity index (χ1v) is 5.72. The van der Waals surface area contributed by atoms with E-state index < -0.39 is 17.7 Å². The van der Waals surface area contributed by atoms with Crippen LogP contribution in [0.5, 0.6) is 5.75 Å². The SMILES string of the molecule is CCOc1ccc(NCC(O)CCl)c(F)c1F. The Balaban J connectivity index is 2.78. The molecule has 1 aromatic rings. The Morgan fingerprint density at radius 3 is 2.71 bits per heavy atom. The molecule has 0 bridgehead atoms. The molecule has 17 heavy (non-hydrogen) atoms. The van der Waals surface area contributed by atoms with Crippen molar-refractivity contribution in [3.63, 3.8) is 0 Å². The second-order valence-electron chi connectivity index (χ2n) is 3.36. The highest BCUT2D eigenvalue weighted by Gasteiger charge is 2.14. The van der Waals surface area contributed by atoms with E-state index in [-0.39, 0.29) is 30.5 Å². The minimum atomic E-state index is -1.04. The van der Waals surface area contributed by atoms with Gasteiger partial charge in [0, 0.05) is 6.54 Å². The number of benzene rings is 1. The van der Waals surface area contributed by atoms with Crippen LogP contribution in [0.25, 0.3) is 0 Å². The van der Waals surface area contributed by atoms with E-state index >= 15 is 0 Å². The highest BCUT2D eigenvalue weighted by Crippen LogP contribution is 2.25. The fourth-order valence-electron chi connectivity index (χ4n) is 1.22. The van der Waals surface area contributed by atoms with E-state index in [2.05, 4.69) is 5.32 Å². The van der Waals surface area contributed by atoms with Crippen LogP contribution in [0.1, 0.15) is 6.92 Å². The van der Waals surface area contributed by atoms with Crippen LogP contribution >= 0.6 is 11.6 Å². The van der Waals surface area contributed by atoms with E-state index in [1.165, 1.54) is 12.1 Å². The van der Waals surface area contributed by atoms with Gasteiger partial charge in [-0.3, -0.25) is 0 Å². The lowest BCUT2D eigenvalue weighted by Crippen LogP contribution is -2.21. The summed E-state index contributed by atoms with van der Waals surface area (Å²) in [6.07, 6.45) is -0.814. The zero-order valence-electron chi connectivity index (χ0n) is 9.34. The summed E-state index contributed by atoms with van der Waals surface area (Å²) in [5.41, 5.74) is -0.0323. The quantitative estimate of drug-likeness (QED) is 0.776. The second kappa shape index (κ2) is 6.61. The first-order valence-electron chi connectivity index (χ1n) is 5.18. The van der Waals surface area contributed by atoms with Gasteiger partial charge in [0.05, 0.1) is 24.3 Å². The van der Waals surface area contributed by atoms with Crippen molar-refractivity contribution in [3.8, 4) is 5.75 Å². The normalized spacial score (nSPS) is 12.3. The molecule has 1 aromatic carbocycles. The van der Waals surface area contributed by atoms with Crippen LogP contribution in [0, 0.1) is 11.6 Å². The summed E-state index contributed by atoms with van der Waals surface area (Å²) in [6.45, 7) is 1.99. The number of rotatable bonds is 6. The van der Waals surface area contributed by atoms with E-state index in [1.54, 1.807) is 6.92 Å². The van der Waals surface area contributed by atoms with Crippen molar-refractivity contribution in [2.24, 2.45) is 0 Å². The number of aliphatic hydroxyl groups excluding tert-OH is 1. The van der Waals surface area contributed by atoms with Gasteiger partial charge in [-0.2, -0.15) is 4.39 Å². The molecule has 0 fully saturated rings. The van der Waals surface area contributed by atoms with Crippen molar-refractivity contribution in [1.29, 1.82) is 0 Å². The molecule has 1 atom stereocenters. The summed E-state index contributed by atoms with van der Waals surface area (Å²) < 4.78 is 31.8. The lowest BCUT2D eigenvalue weighted by atomic mass is 10.2. The highest BCUT2D eigenvalue weighted by atomic mass is 35.5. The Morgan fingerprint density at radius 1 is 1.41 bits per heavy atom. The van der Waals surface area contributed by atoms with Crippen LogP contribution < -0.4 is 10.1 Å². The van der Waals surface area contributed by atoms with Crippen molar-refractivity contribution in [1.82, 2.24) is 0 Å². The van der Waals surface area contributed by atoms with Gasteiger partial charge in [-0.25, -0.2) is 4.39 Å². The van der Waals surface area contributed by atoms with Crippen LogP contribution in [0.4, 0.5) is 14.5 Å². The lowest BCUT2D eigenvalue weighted by Gasteiger charge is -2.12. The maximum absolute atomic E-state index is 13.5. The molecule has 96 valence electrons. The predicted molar refractivity (Wildman–Crippen MR) is 62.7 cm³/mol. The molecule has 0 radical (unpaired) electrons. The molecule has 0 spiro atoms. The van der Waals surface area contributed by atoms with Gasteiger partial charge in [0.1, 0.15) is 0 Å². The summed E-state index contributed by atoms with van der Waals surface area (Å²) in [7, 11) is 0. The van der Waals surface area contributed by atoms with Crippen molar-refractivity contribution in [2.75, 3.05) is 24.3 Å². The summed E-state index contributed by atoms with van der Waals surface area (Å²) >= 11 is 5.38. The van der Waals surface area contributed by atoms with Gasteiger partial charge in [0.15, 0.2) is 11.6 Å². The van der Waals surface area contributed by atoms with Gasteiger partial charge in [0.2, 0.25) is 5.82 Å². The minimum Gasteiger partial charge on any atom is -0.491 e. The van der Waals surface area contributed by atoms with Crippen LogP contribution in [0.3, 0.4) is 0 Å².